The lowest BCUT2D eigenvalue weighted by Crippen LogP contribution is -2.07. The fourth-order valence-electron chi connectivity index (χ4n) is 2.67. The lowest BCUT2D eigenvalue weighted by Gasteiger charge is -2.15. The molecule has 2 aromatic carbocycles. The van der Waals surface area contributed by atoms with Crippen molar-refractivity contribution in [3.8, 4) is 17.2 Å². The Bertz CT molecular complexity index is 1020. The van der Waals surface area contributed by atoms with Crippen molar-refractivity contribution in [3.05, 3.63) is 58.2 Å². The van der Waals surface area contributed by atoms with E-state index in [2.05, 4.69) is 9.73 Å². The molecule has 30 heavy (non-hydrogen) atoms. The molecule has 158 valence electrons. The lowest BCUT2D eigenvalue weighted by atomic mass is 10.1. The Morgan fingerprint density at radius 1 is 1.17 bits per heavy atom. The average Bonchev–Trinajstić information content (AvgIpc) is 3.03. The molecule has 3 rings (SSSR count). The summed E-state index contributed by atoms with van der Waals surface area (Å²) in [6, 6.07) is 8.97. The van der Waals surface area contributed by atoms with Crippen molar-refractivity contribution in [1.29, 1.82) is 0 Å². The molecule has 0 saturated heterocycles. The van der Waals surface area contributed by atoms with Gasteiger partial charge in [0.2, 0.25) is 5.90 Å². The number of hydrogen-bond acceptors (Lipinski definition) is 6. The third kappa shape index (κ3) is 5.07. The van der Waals surface area contributed by atoms with E-state index in [1.54, 1.807) is 18.2 Å². The van der Waals surface area contributed by atoms with Crippen LogP contribution in [0, 0.1) is 0 Å². The first kappa shape index (κ1) is 21.6. The van der Waals surface area contributed by atoms with Crippen molar-refractivity contribution < 1.29 is 32.5 Å². The third-order valence-electron chi connectivity index (χ3n) is 3.84. The standard InChI is InChI=1S/C21H18ClF2NO5/c1-11(2)28-18-15(22)7-12(9-17(18)27-3)8-16-20(26)30-19(25-16)13-5-4-6-14(10-13)29-21(23)24/h4-11,21H,1-3H3. The number of alkyl halides is 2. The zero-order valence-electron chi connectivity index (χ0n) is 16.3. The van der Waals surface area contributed by atoms with E-state index >= 15 is 0 Å². The maximum atomic E-state index is 12.4. The number of hydrogen-bond donors (Lipinski definition) is 0. The monoisotopic (exact) mass is 437 g/mol. The second-order valence-corrected chi connectivity index (χ2v) is 6.85. The molecule has 0 radical (unpaired) electrons. The van der Waals surface area contributed by atoms with E-state index in [0.29, 0.717) is 27.6 Å². The van der Waals surface area contributed by atoms with E-state index in [-0.39, 0.29) is 23.4 Å². The Balaban J connectivity index is 1.92. The average molecular weight is 438 g/mol. The van der Waals surface area contributed by atoms with Crippen LogP contribution in [0.1, 0.15) is 25.0 Å². The van der Waals surface area contributed by atoms with E-state index in [1.165, 1.54) is 31.4 Å². The van der Waals surface area contributed by atoms with E-state index in [0.717, 1.165) is 0 Å². The molecule has 0 N–H and O–H groups in total. The first-order chi connectivity index (χ1) is 14.3. The van der Waals surface area contributed by atoms with Crippen molar-refractivity contribution in [1.82, 2.24) is 0 Å². The molecule has 1 aliphatic rings. The third-order valence-corrected chi connectivity index (χ3v) is 4.12. The normalized spacial score (nSPS) is 14.9. The summed E-state index contributed by atoms with van der Waals surface area (Å²) in [7, 11) is 1.48. The van der Waals surface area contributed by atoms with Crippen molar-refractivity contribution in [2.24, 2.45) is 4.99 Å². The summed E-state index contributed by atoms with van der Waals surface area (Å²) >= 11 is 6.30. The molecule has 2 aromatic rings. The number of rotatable bonds is 7. The molecule has 1 heterocycles. The quantitative estimate of drug-likeness (QED) is 0.446. The minimum atomic E-state index is -2.97. The van der Waals surface area contributed by atoms with Crippen molar-refractivity contribution >= 4 is 29.5 Å². The minimum Gasteiger partial charge on any atom is -0.493 e. The Hall–Kier alpha value is -3.13. The van der Waals surface area contributed by atoms with Crippen LogP contribution in [0.2, 0.25) is 5.02 Å². The Morgan fingerprint density at radius 3 is 2.60 bits per heavy atom. The van der Waals surface area contributed by atoms with Crippen LogP contribution in [-0.2, 0) is 9.53 Å². The van der Waals surface area contributed by atoms with Crippen LogP contribution in [0.4, 0.5) is 8.78 Å². The van der Waals surface area contributed by atoms with E-state index in [9.17, 15) is 13.6 Å². The van der Waals surface area contributed by atoms with Gasteiger partial charge < -0.3 is 18.9 Å². The fourth-order valence-corrected chi connectivity index (χ4v) is 2.93. The lowest BCUT2D eigenvalue weighted by molar-refractivity contribution is -0.129. The van der Waals surface area contributed by atoms with Gasteiger partial charge in [0, 0.05) is 5.56 Å². The number of methoxy groups -OCH3 is 1. The first-order valence-electron chi connectivity index (χ1n) is 8.89. The maximum Gasteiger partial charge on any atom is 0.387 e. The highest BCUT2D eigenvalue weighted by Gasteiger charge is 2.25. The van der Waals surface area contributed by atoms with Gasteiger partial charge in [-0.15, -0.1) is 0 Å². The van der Waals surface area contributed by atoms with Gasteiger partial charge in [0.15, 0.2) is 17.2 Å². The van der Waals surface area contributed by atoms with Crippen molar-refractivity contribution in [3.63, 3.8) is 0 Å². The van der Waals surface area contributed by atoms with Gasteiger partial charge in [-0.1, -0.05) is 17.7 Å². The van der Waals surface area contributed by atoms with Crippen LogP contribution in [0.25, 0.3) is 6.08 Å². The minimum absolute atomic E-state index is 0.0147. The molecule has 0 unspecified atom stereocenters. The molecule has 0 saturated carbocycles. The number of cyclic esters (lactones) is 1. The summed E-state index contributed by atoms with van der Waals surface area (Å²) in [5.74, 6) is 0.00308. The van der Waals surface area contributed by atoms with Gasteiger partial charge in [-0.3, -0.25) is 0 Å². The Labute approximate surface area is 176 Å². The first-order valence-corrected chi connectivity index (χ1v) is 9.26. The topological polar surface area (TPSA) is 66.3 Å². The molecule has 0 aromatic heterocycles. The van der Waals surface area contributed by atoms with Crippen LogP contribution < -0.4 is 14.2 Å². The van der Waals surface area contributed by atoms with Crippen LogP contribution in [0.5, 0.6) is 17.2 Å². The number of carbonyl (C=O) groups excluding carboxylic acids is 1. The predicted molar refractivity (Wildman–Crippen MR) is 107 cm³/mol. The highest BCUT2D eigenvalue weighted by Crippen LogP contribution is 2.38. The SMILES string of the molecule is COc1cc(C=C2N=C(c3cccc(OC(F)F)c3)OC2=O)cc(Cl)c1OC(C)C. The number of halogens is 3. The molecule has 0 aliphatic carbocycles. The molecule has 1 aliphatic heterocycles. The number of esters is 1. The molecular formula is C21H18ClF2NO5. The molecule has 9 heteroatoms. The molecule has 0 atom stereocenters. The molecule has 0 spiro atoms. The second-order valence-electron chi connectivity index (χ2n) is 6.44. The van der Waals surface area contributed by atoms with Gasteiger partial charge in [-0.2, -0.15) is 8.78 Å². The zero-order chi connectivity index (χ0) is 21.8. The zero-order valence-corrected chi connectivity index (χ0v) is 17.1. The van der Waals surface area contributed by atoms with Crippen LogP contribution >= 0.6 is 11.6 Å². The predicted octanol–water partition coefficient (Wildman–Crippen LogP) is 5.08. The summed E-state index contributed by atoms with van der Waals surface area (Å²) < 4.78 is 45.3. The summed E-state index contributed by atoms with van der Waals surface area (Å²) in [5, 5.41) is 0.308. The molecular weight excluding hydrogens is 420 g/mol. The van der Waals surface area contributed by atoms with Crippen LogP contribution in [-0.4, -0.2) is 31.7 Å². The number of carbonyl (C=O) groups is 1. The Morgan fingerprint density at radius 2 is 1.93 bits per heavy atom. The van der Waals surface area contributed by atoms with Gasteiger partial charge >= 0.3 is 12.6 Å². The molecule has 6 nitrogen and oxygen atoms in total. The van der Waals surface area contributed by atoms with Gasteiger partial charge in [0.05, 0.1) is 18.2 Å². The van der Waals surface area contributed by atoms with E-state index < -0.39 is 12.6 Å². The maximum absolute atomic E-state index is 12.4. The van der Waals surface area contributed by atoms with E-state index in [1.807, 2.05) is 13.8 Å². The highest BCUT2D eigenvalue weighted by molar-refractivity contribution is 6.32. The van der Waals surface area contributed by atoms with Gasteiger partial charge in [-0.05, 0) is 55.8 Å². The number of ether oxygens (including phenoxy) is 4. The molecule has 0 bridgehead atoms. The van der Waals surface area contributed by atoms with Gasteiger partial charge in [-0.25, -0.2) is 9.79 Å². The number of nitrogens with zero attached hydrogens (tertiary/aromatic N) is 1. The summed E-state index contributed by atoms with van der Waals surface area (Å²) in [4.78, 5) is 16.4. The van der Waals surface area contributed by atoms with Gasteiger partial charge in [0.1, 0.15) is 5.75 Å². The summed E-state index contributed by atoms with van der Waals surface area (Å²) in [5.41, 5.74) is 0.877. The van der Waals surface area contributed by atoms with Gasteiger partial charge in [0.25, 0.3) is 0 Å². The van der Waals surface area contributed by atoms with Crippen LogP contribution in [0.3, 0.4) is 0 Å². The number of benzene rings is 2. The largest absolute Gasteiger partial charge is 0.493 e. The summed E-state index contributed by atoms with van der Waals surface area (Å²) in [6.45, 7) is 0.751. The smallest absolute Gasteiger partial charge is 0.387 e. The van der Waals surface area contributed by atoms with Crippen molar-refractivity contribution in [2.45, 2.75) is 26.6 Å². The fraction of sp³-hybridized carbons (Fsp3) is 0.238. The molecule has 0 fully saturated rings. The summed E-state index contributed by atoms with van der Waals surface area (Å²) in [6.07, 6.45) is 1.37. The second kappa shape index (κ2) is 9.13. The van der Waals surface area contributed by atoms with Crippen LogP contribution in [0.15, 0.2) is 47.1 Å². The molecule has 0 amide bonds. The number of aliphatic imine (C=N–C) groups is 1. The van der Waals surface area contributed by atoms with Crippen molar-refractivity contribution in [2.75, 3.05) is 7.11 Å². The highest BCUT2D eigenvalue weighted by atomic mass is 35.5. The van der Waals surface area contributed by atoms with E-state index in [4.69, 9.17) is 25.8 Å². The Kier molecular flexibility index (Phi) is 6.56.